The van der Waals surface area contributed by atoms with E-state index in [1.165, 1.54) is 23.1 Å². The predicted molar refractivity (Wildman–Crippen MR) is 154 cm³/mol. The number of aromatic carboxylic acids is 1. The highest BCUT2D eigenvalue weighted by Crippen LogP contribution is 2.53. The van der Waals surface area contributed by atoms with E-state index in [1.54, 1.807) is 32.3 Å². The fourth-order valence-electron chi connectivity index (χ4n) is 6.30. The van der Waals surface area contributed by atoms with E-state index >= 15 is 0 Å². The number of aliphatic hydroxyl groups excluding tert-OH is 2. The number of carboxylic acids is 1. The number of fused-ring (bicyclic) bond motifs is 3. The minimum atomic E-state index is -2.63. The Bertz CT molecular complexity index is 1610. The standard InChI is InChI=1S/C23H27N3O7.C7H6O3/c1-25(2)12-5-6-13(27)15-10(12)7-9-8-11-17(26(3)4)19(29)16(22(24)32)21(31)23(11,33)20(30)14(9)18(15)28;8-6-4-2-1-3-5(6)7(9)10/h5-6,9,11,17,27-28,31,33H,7-8H2,1-4H3,(H2,24,32);1-4,8H,(H,9,10)/t9-,11-,17-,23-;/m0./s1. The predicted octanol–water partition coefficient (Wildman–Crippen LogP) is 1.12. The summed E-state index contributed by atoms with van der Waals surface area (Å²) in [4.78, 5) is 52.3. The fourth-order valence-corrected chi connectivity index (χ4v) is 6.30. The summed E-state index contributed by atoms with van der Waals surface area (Å²) in [7, 11) is 6.75. The maximum Gasteiger partial charge on any atom is 0.339 e. The molecule has 1 saturated carbocycles. The number of nitrogens with two attached hydrogens (primary N) is 1. The minimum absolute atomic E-state index is 0.0638. The largest absolute Gasteiger partial charge is 0.508 e. The molecule has 0 radical (unpaired) electrons. The molecule has 13 heteroatoms. The molecule has 0 aliphatic heterocycles. The number of ketones is 2. The molecule has 0 heterocycles. The van der Waals surface area contributed by atoms with Crippen LogP contribution in [-0.4, -0.2) is 98.8 Å². The van der Waals surface area contributed by atoms with Gasteiger partial charge in [-0.3, -0.25) is 19.3 Å². The van der Waals surface area contributed by atoms with Gasteiger partial charge in [0, 0.05) is 31.3 Å². The van der Waals surface area contributed by atoms with Gasteiger partial charge in [0.05, 0.1) is 11.6 Å². The van der Waals surface area contributed by atoms with Crippen molar-refractivity contribution in [2.75, 3.05) is 33.1 Å². The molecule has 0 aromatic heterocycles. The van der Waals surface area contributed by atoms with Gasteiger partial charge in [0.1, 0.15) is 34.2 Å². The van der Waals surface area contributed by atoms with Gasteiger partial charge >= 0.3 is 5.97 Å². The van der Waals surface area contributed by atoms with E-state index in [1.807, 2.05) is 19.0 Å². The van der Waals surface area contributed by atoms with Gasteiger partial charge in [-0.25, -0.2) is 4.79 Å². The second-order valence-corrected chi connectivity index (χ2v) is 11.1. The average molecular weight is 596 g/mol. The van der Waals surface area contributed by atoms with Crippen molar-refractivity contribution in [3.63, 3.8) is 0 Å². The van der Waals surface area contributed by atoms with Crippen molar-refractivity contribution in [2.24, 2.45) is 17.6 Å². The minimum Gasteiger partial charge on any atom is -0.508 e. The Morgan fingerprint density at radius 1 is 0.953 bits per heavy atom. The molecule has 8 N–H and O–H groups in total. The molecule has 228 valence electrons. The number of phenolic OH excluding ortho intramolecular Hbond substituents is 1. The number of hydrogen-bond donors (Lipinski definition) is 7. The fraction of sp³-hybridized carbons (Fsp3) is 0.333. The number of amides is 1. The second kappa shape index (κ2) is 11.1. The van der Waals surface area contributed by atoms with Gasteiger partial charge in [0.15, 0.2) is 11.4 Å². The molecule has 3 aliphatic carbocycles. The number of primary amides is 1. The van der Waals surface area contributed by atoms with Crippen LogP contribution < -0.4 is 10.6 Å². The number of aliphatic hydroxyl groups is 3. The number of anilines is 1. The zero-order chi connectivity index (χ0) is 32.1. The van der Waals surface area contributed by atoms with Crippen LogP contribution in [0.3, 0.4) is 0 Å². The third kappa shape index (κ3) is 4.85. The number of hydrogen-bond acceptors (Lipinski definition) is 11. The molecule has 43 heavy (non-hydrogen) atoms. The third-order valence-corrected chi connectivity index (χ3v) is 8.20. The van der Waals surface area contributed by atoms with Crippen LogP contribution in [0.1, 0.15) is 27.9 Å². The summed E-state index contributed by atoms with van der Waals surface area (Å²) in [6, 6.07) is 7.82. The van der Waals surface area contributed by atoms with E-state index in [0.717, 1.165) is 5.69 Å². The number of phenols is 2. The van der Waals surface area contributed by atoms with Crippen molar-refractivity contribution in [1.29, 1.82) is 0 Å². The molecule has 3 aliphatic rings. The van der Waals surface area contributed by atoms with Crippen LogP contribution in [0.4, 0.5) is 5.69 Å². The molecule has 0 unspecified atom stereocenters. The third-order valence-electron chi connectivity index (χ3n) is 8.20. The van der Waals surface area contributed by atoms with Crippen LogP contribution in [0.2, 0.25) is 0 Å². The van der Waals surface area contributed by atoms with Gasteiger partial charge in [0.25, 0.3) is 5.91 Å². The van der Waals surface area contributed by atoms with Crippen molar-refractivity contribution in [1.82, 2.24) is 4.90 Å². The van der Waals surface area contributed by atoms with Crippen molar-refractivity contribution in [3.8, 4) is 11.5 Å². The van der Waals surface area contributed by atoms with Gasteiger partial charge in [0.2, 0.25) is 5.78 Å². The van der Waals surface area contributed by atoms with Gasteiger partial charge in [-0.2, -0.15) is 0 Å². The maximum atomic E-state index is 13.7. The Morgan fingerprint density at radius 3 is 2.09 bits per heavy atom. The zero-order valence-corrected chi connectivity index (χ0v) is 23.9. The number of carbonyl (C=O) groups excluding carboxylic acids is 3. The number of benzene rings is 2. The molecule has 0 spiro atoms. The van der Waals surface area contributed by atoms with Crippen LogP contribution in [0.15, 0.2) is 53.3 Å². The summed E-state index contributed by atoms with van der Waals surface area (Å²) < 4.78 is 0. The lowest BCUT2D eigenvalue weighted by Crippen LogP contribution is -2.65. The van der Waals surface area contributed by atoms with Gasteiger partial charge in [-0.05, 0) is 62.7 Å². The first-order valence-corrected chi connectivity index (χ1v) is 13.2. The smallest absolute Gasteiger partial charge is 0.339 e. The van der Waals surface area contributed by atoms with E-state index < -0.39 is 64.0 Å². The van der Waals surface area contributed by atoms with Crippen molar-refractivity contribution >= 4 is 34.9 Å². The lowest BCUT2D eigenvalue weighted by atomic mass is 9.57. The van der Waals surface area contributed by atoms with Crippen molar-refractivity contribution < 1.29 is 49.8 Å². The number of para-hydroxylation sites is 1. The molecule has 13 nitrogen and oxygen atoms in total. The number of rotatable bonds is 4. The van der Waals surface area contributed by atoms with E-state index in [2.05, 4.69) is 0 Å². The molecule has 2 aromatic carbocycles. The maximum absolute atomic E-state index is 13.7. The molecule has 0 bridgehead atoms. The zero-order valence-electron chi connectivity index (χ0n) is 23.9. The first-order chi connectivity index (χ1) is 20.0. The molecule has 2 aromatic rings. The van der Waals surface area contributed by atoms with Crippen LogP contribution in [0, 0.1) is 11.8 Å². The highest BCUT2D eigenvalue weighted by atomic mass is 16.4. The molecule has 4 atom stereocenters. The van der Waals surface area contributed by atoms with Gasteiger partial charge in [-0.15, -0.1) is 0 Å². The van der Waals surface area contributed by atoms with Crippen molar-refractivity contribution in [3.05, 3.63) is 70.0 Å². The second-order valence-electron chi connectivity index (χ2n) is 11.1. The SMILES string of the molecule is CN(C)c1ccc(O)c2c1C[C@H]1C[C@H]3[C@H](N(C)C)C(=O)C(C(N)=O)=C(O)[C@@]3(O)C(=O)C1=C2O.O=C(O)c1ccccc1O. The topological polar surface area (TPSA) is 222 Å². The Kier molecular flexibility index (Phi) is 8.00. The summed E-state index contributed by atoms with van der Waals surface area (Å²) in [6.45, 7) is 0. The van der Waals surface area contributed by atoms with Crippen molar-refractivity contribution in [2.45, 2.75) is 24.5 Å². The Hall–Kier alpha value is -4.88. The quantitative estimate of drug-likeness (QED) is 0.247. The van der Waals surface area contributed by atoms with Crippen LogP contribution in [-0.2, 0) is 20.8 Å². The van der Waals surface area contributed by atoms with Gasteiger partial charge < -0.3 is 41.3 Å². The normalized spacial score (nSPS) is 24.5. The first-order valence-electron chi connectivity index (χ1n) is 13.2. The molecular weight excluding hydrogens is 562 g/mol. The van der Waals surface area contributed by atoms with Crippen LogP contribution in [0.25, 0.3) is 5.76 Å². The lowest BCUT2D eigenvalue weighted by molar-refractivity contribution is -0.153. The Labute approximate surface area is 246 Å². The van der Waals surface area contributed by atoms with E-state index in [9.17, 15) is 39.6 Å². The summed E-state index contributed by atoms with van der Waals surface area (Å²) in [5, 5.41) is 61.2. The lowest BCUT2D eigenvalue weighted by Gasteiger charge is -2.50. The van der Waals surface area contributed by atoms with Crippen LogP contribution >= 0.6 is 0 Å². The molecule has 0 saturated heterocycles. The average Bonchev–Trinajstić information content (AvgIpc) is 2.90. The van der Waals surface area contributed by atoms with E-state index in [0.29, 0.717) is 5.56 Å². The summed E-state index contributed by atoms with van der Waals surface area (Å²) in [6.07, 6.45) is 0.324. The Balaban J connectivity index is 0.000000359. The van der Waals surface area contributed by atoms with E-state index in [-0.39, 0.29) is 41.0 Å². The number of likely N-dealkylation sites (N-methyl/N-ethyl adjacent to an activating group) is 1. The summed E-state index contributed by atoms with van der Waals surface area (Å²) in [5.74, 6) is -7.85. The Morgan fingerprint density at radius 2 is 1.58 bits per heavy atom. The highest BCUT2D eigenvalue weighted by Gasteiger charge is 2.64. The summed E-state index contributed by atoms with van der Waals surface area (Å²) >= 11 is 0. The number of nitrogens with zero attached hydrogens (tertiary/aromatic N) is 2. The van der Waals surface area contributed by atoms with Gasteiger partial charge in [-0.1, -0.05) is 12.1 Å². The molecule has 5 rings (SSSR count). The number of carbonyl (C=O) groups is 4. The highest BCUT2D eigenvalue weighted by molar-refractivity contribution is 6.24. The van der Waals surface area contributed by atoms with E-state index in [4.69, 9.17) is 15.9 Å². The molecule has 1 fully saturated rings. The molecule has 1 amide bonds. The number of aromatic hydroxyl groups is 2. The first kappa shape index (κ1) is 31.1. The molecular formula is C30H33N3O10. The summed E-state index contributed by atoms with van der Waals surface area (Å²) in [5.41, 5.74) is 3.08. The monoisotopic (exact) mass is 595 g/mol. The number of Topliss-reactive ketones (excluding diaryl/α,β-unsaturated/α-hetero) is 2. The number of carboxylic acid groups (broad SMARTS) is 1. The van der Waals surface area contributed by atoms with Crippen LogP contribution in [0.5, 0.6) is 11.5 Å².